The zero-order valence-electron chi connectivity index (χ0n) is 15.4. The van der Waals surface area contributed by atoms with Gasteiger partial charge in [-0.05, 0) is 25.0 Å². The van der Waals surface area contributed by atoms with Crippen LogP contribution in [-0.2, 0) is 9.59 Å². The second kappa shape index (κ2) is 7.54. The van der Waals surface area contributed by atoms with Gasteiger partial charge in [-0.25, -0.2) is 8.78 Å². The summed E-state index contributed by atoms with van der Waals surface area (Å²) in [6.45, 7) is 3.33. The molecule has 1 atom stereocenters. The van der Waals surface area contributed by atoms with Crippen LogP contribution >= 0.6 is 0 Å². The van der Waals surface area contributed by atoms with Crippen molar-refractivity contribution in [2.75, 3.05) is 37.6 Å². The molecule has 1 aromatic rings. The summed E-state index contributed by atoms with van der Waals surface area (Å²) in [5, 5.41) is 0. The Hall–Kier alpha value is -2.02. The molecule has 1 saturated carbocycles. The molecule has 27 heavy (non-hydrogen) atoms. The van der Waals surface area contributed by atoms with E-state index in [-0.39, 0.29) is 30.5 Å². The molecule has 0 aromatic heterocycles. The van der Waals surface area contributed by atoms with Gasteiger partial charge in [0.2, 0.25) is 11.8 Å². The number of hydrogen-bond acceptors (Lipinski definition) is 3. The second-order valence-corrected chi connectivity index (χ2v) is 7.83. The predicted octanol–water partition coefficient (Wildman–Crippen LogP) is 2.40. The number of carbonyl (C=O) groups is 2. The number of carbonyl (C=O) groups excluding carboxylic acids is 2. The average molecular weight is 377 g/mol. The molecule has 2 aliphatic heterocycles. The molecule has 2 amide bonds. The van der Waals surface area contributed by atoms with Gasteiger partial charge < -0.3 is 9.80 Å². The fourth-order valence-electron chi connectivity index (χ4n) is 4.65. The highest BCUT2D eigenvalue weighted by molar-refractivity contribution is 6.00. The standard InChI is InChI=1S/C20H25F2N3O2/c21-15-10-16(22)12-18(11-15)25-13-14(9-19(25)26)20(27)24-7-5-23(6-8-24)17-3-1-2-4-17/h10-12,14,17H,1-9,13H2. The minimum atomic E-state index is -0.726. The van der Waals surface area contributed by atoms with Crippen LogP contribution in [0.5, 0.6) is 0 Å². The van der Waals surface area contributed by atoms with E-state index in [1.165, 1.54) is 30.6 Å². The van der Waals surface area contributed by atoms with Crippen molar-refractivity contribution in [3.8, 4) is 0 Å². The van der Waals surface area contributed by atoms with Gasteiger partial charge in [0, 0.05) is 56.9 Å². The van der Waals surface area contributed by atoms with E-state index in [2.05, 4.69) is 4.90 Å². The maximum atomic E-state index is 13.5. The number of halogens is 2. The van der Waals surface area contributed by atoms with E-state index in [1.54, 1.807) is 0 Å². The first-order valence-corrected chi connectivity index (χ1v) is 9.80. The summed E-state index contributed by atoms with van der Waals surface area (Å²) in [6, 6.07) is 3.70. The highest BCUT2D eigenvalue weighted by Crippen LogP contribution is 2.29. The van der Waals surface area contributed by atoms with Gasteiger partial charge in [-0.2, -0.15) is 0 Å². The van der Waals surface area contributed by atoms with E-state index in [1.807, 2.05) is 4.90 Å². The van der Waals surface area contributed by atoms with Gasteiger partial charge in [0.05, 0.1) is 5.92 Å². The van der Waals surface area contributed by atoms with Crippen molar-refractivity contribution < 1.29 is 18.4 Å². The van der Waals surface area contributed by atoms with Crippen molar-refractivity contribution in [2.45, 2.75) is 38.1 Å². The quantitative estimate of drug-likeness (QED) is 0.813. The Kier molecular flexibility index (Phi) is 5.12. The molecule has 146 valence electrons. The molecule has 7 heteroatoms. The van der Waals surface area contributed by atoms with Crippen LogP contribution in [-0.4, -0.2) is 60.4 Å². The summed E-state index contributed by atoms with van der Waals surface area (Å²) in [7, 11) is 0. The van der Waals surface area contributed by atoms with Crippen LogP contribution in [0.25, 0.3) is 0 Å². The molecule has 0 bridgehead atoms. The molecule has 1 aromatic carbocycles. The third-order valence-corrected chi connectivity index (χ3v) is 6.10. The highest BCUT2D eigenvalue weighted by Gasteiger charge is 2.38. The first-order chi connectivity index (χ1) is 13.0. The zero-order valence-corrected chi connectivity index (χ0v) is 15.4. The molecular weight excluding hydrogens is 352 g/mol. The van der Waals surface area contributed by atoms with Crippen molar-refractivity contribution >= 4 is 17.5 Å². The number of hydrogen-bond donors (Lipinski definition) is 0. The SMILES string of the molecule is O=C(C1CC(=O)N(c2cc(F)cc(F)c2)C1)N1CCN(C2CCCC2)CC1. The van der Waals surface area contributed by atoms with Gasteiger partial charge >= 0.3 is 0 Å². The van der Waals surface area contributed by atoms with Crippen LogP contribution in [0.2, 0.25) is 0 Å². The number of piperazine rings is 1. The Morgan fingerprint density at radius 1 is 0.963 bits per heavy atom. The van der Waals surface area contributed by atoms with Crippen LogP contribution in [0, 0.1) is 17.6 Å². The summed E-state index contributed by atoms with van der Waals surface area (Å²) in [5.74, 6) is -2.18. The number of amides is 2. The van der Waals surface area contributed by atoms with E-state index in [9.17, 15) is 18.4 Å². The van der Waals surface area contributed by atoms with Crippen LogP contribution < -0.4 is 4.90 Å². The van der Waals surface area contributed by atoms with Crippen molar-refractivity contribution in [1.82, 2.24) is 9.80 Å². The minimum Gasteiger partial charge on any atom is -0.340 e. The zero-order chi connectivity index (χ0) is 19.0. The van der Waals surface area contributed by atoms with Gasteiger partial charge in [-0.3, -0.25) is 14.5 Å². The summed E-state index contributed by atoms with van der Waals surface area (Å²) >= 11 is 0. The van der Waals surface area contributed by atoms with E-state index in [0.29, 0.717) is 19.1 Å². The maximum Gasteiger partial charge on any atom is 0.228 e. The van der Waals surface area contributed by atoms with E-state index in [4.69, 9.17) is 0 Å². The lowest BCUT2D eigenvalue weighted by atomic mass is 10.1. The molecule has 0 spiro atoms. The normalized spacial score (nSPS) is 24.8. The third kappa shape index (κ3) is 3.83. The largest absolute Gasteiger partial charge is 0.340 e. The topological polar surface area (TPSA) is 43.9 Å². The Morgan fingerprint density at radius 3 is 2.22 bits per heavy atom. The lowest BCUT2D eigenvalue weighted by Gasteiger charge is -2.38. The molecule has 3 aliphatic rings. The molecule has 2 saturated heterocycles. The summed E-state index contributed by atoms with van der Waals surface area (Å²) < 4.78 is 26.9. The molecule has 1 unspecified atom stereocenters. The molecule has 2 heterocycles. The summed E-state index contributed by atoms with van der Waals surface area (Å²) in [5.41, 5.74) is 0.179. The number of rotatable bonds is 3. The van der Waals surface area contributed by atoms with Gasteiger partial charge in [-0.1, -0.05) is 12.8 Å². The summed E-state index contributed by atoms with van der Waals surface area (Å²) in [4.78, 5) is 30.8. The van der Waals surface area contributed by atoms with Crippen molar-refractivity contribution in [1.29, 1.82) is 0 Å². The van der Waals surface area contributed by atoms with Gasteiger partial charge in [0.1, 0.15) is 11.6 Å². The first-order valence-electron chi connectivity index (χ1n) is 9.80. The molecule has 0 radical (unpaired) electrons. The molecule has 0 N–H and O–H groups in total. The fraction of sp³-hybridized carbons (Fsp3) is 0.600. The van der Waals surface area contributed by atoms with Crippen molar-refractivity contribution in [3.63, 3.8) is 0 Å². The molecular formula is C20H25F2N3O2. The first kappa shape index (κ1) is 18.3. The number of nitrogens with zero attached hydrogens (tertiary/aromatic N) is 3. The Morgan fingerprint density at radius 2 is 1.59 bits per heavy atom. The van der Waals surface area contributed by atoms with E-state index < -0.39 is 17.6 Å². The van der Waals surface area contributed by atoms with Crippen LogP contribution in [0.3, 0.4) is 0 Å². The Balaban J connectivity index is 1.36. The Labute approximate surface area is 157 Å². The molecule has 4 rings (SSSR count). The Bertz CT molecular complexity index is 708. The van der Waals surface area contributed by atoms with E-state index in [0.717, 1.165) is 31.3 Å². The molecule has 1 aliphatic carbocycles. The summed E-state index contributed by atoms with van der Waals surface area (Å²) in [6.07, 6.45) is 5.20. The van der Waals surface area contributed by atoms with E-state index >= 15 is 0 Å². The monoisotopic (exact) mass is 377 g/mol. The average Bonchev–Trinajstić information content (AvgIpc) is 3.30. The molecule has 3 fully saturated rings. The predicted molar refractivity (Wildman–Crippen MR) is 97.2 cm³/mol. The number of benzene rings is 1. The second-order valence-electron chi connectivity index (χ2n) is 7.83. The van der Waals surface area contributed by atoms with Crippen molar-refractivity contribution in [3.05, 3.63) is 29.8 Å². The van der Waals surface area contributed by atoms with Gasteiger partial charge in [0.15, 0.2) is 0 Å². The van der Waals surface area contributed by atoms with Crippen LogP contribution in [0.1, 0.15) is 32.1 Å². The van der Waals surface area contributed by atoms with Gasteiger partial charge in [-0.15, -0.1) is 0 Å². The fourth-order valence-corrected chi connectivity index (χ4v) is 4.65. The highest BCUT2D eigenvalue weighted by atomic mass is 19.1. The third-order valence-electron chi connectivity index (χ3n) is 6.10. The maximum absolute atomic E-state index is 13.5. The van der Waals surface area contributed by atoms with Gasteiger partial charge in [0.25, 0.3) is 0 Å². The van der Waals surface area contributed by atoms with Crippen molar-refractivity contribution in [2.24, 2.45) is 5.92 Å². The lowest BCUT2D eigenvalue weighted by molar-refractivity contribution is -0.137. The lowest BCUT2D eigenvalue weighted by Crippen LogP contribution is -2.52. The number of anilines is 1. The van der Waals surface area contributed by atoms with Crippen LogP contribution in [0.4, 0.5) is 14.5 Å². The smallest absolute Gasteiger partial charge is 0.228 e. The minimum absolute atomic E-state index is 0.0196. The molecule has 5 nitrogen and oxygen atoms in total. The van der Waals surface area contributed by atoms with Crippen LogP contribution in [0.15, 0.2) is 18.2 Å².